The van der Waals surface area contributed by atoms with E-state index in [2.05, 4.69) is 15.9 Å². The number of aliphatic hydroxyl groups excluding tert-OH is 1. The maximum absolute atomic E-state index is 10.3. The molecule has 0 amide bonds. The van der Waals surface area contributed by atoms with Crippen molar-refractivity contribution < 1.29 is 9.84 Å². The minimum atomic E-state index is -0.549. The topological polar surface area (TPSA) is 29.5 Å². The van der Waals surface area contributed by atoms with Gasteiger partial charge in [-0.2, -0.15) is 0 Å². The van der Waals surface area contributed by atoms with Gasteiger partial charge in [0.05, 0.1) is 13.2 Å². The van der Waals surface area contributed by atoms with Crippen LogP contribution < -0.4 is 4.74 Å². The van der Waals surface area contributed by atoms with Crippen LogP contribution in [0.5, 0.6) is 5.75 Å². The highest BCUT2D eigenvalue weighted by molar-refractivity contribution is 9.10. The van der Waals surface area contributed by atoms with Crippen LogP contribution >= 0.6 is 39.1 Å². The van der Waals surface area contributed by atoms with Gasteiger partial charge >= 0.3 is 0 Å². The zero-order valence-electron chi connectivity index (χ0n) is 11.4. The van der Waals surface area contributed by atoms with E-state index in [9.17, 15) is 5.11 Å². The number of methoxy groups -OCH3 is 1. The largest absolute Gasteiger partial charge is 0.496 e. The molecule has 0 heterocycles. The highest BCUT2D eigenvalue weighted by Crippen LogP contribution is 2.26. The molecule has 0 fully saturated rings. The summed E-state index contributed by atoms with van der Waals surface area (Å²) < 4.78 is 6.27. The Balaban J connectivity index is 2.11. The van der Waals surface area contributed by atoms with E-state index in [1.807, 2.05) is 24.3 Å². The lowest BCUT2D eigenvalue weighted by Crippen LogP contribution is -2.15. The molecule has 1 unspecified atom stereocenters. The van der Waals surface area contributed by atoms with E-state index in [4.69, 9.17) is 27.9 Å². The average molecular weight is 390 g/mol. The maximum atomic E-state index is 10.3. The molecular formula is C16H15BrCl2O2. The van der Waals surface area contributed by atoms with Crippen molar-refractivity contribution in [3.63, 3.8) is 0 Å². The molecule has 0 aliphatic heterocycles. The first-order valence-electron chi connectivity index (χ1n) is 6.44. The van der Waals surface area contributed by atoms with Crippen LogP contribution in [0.25, 0.3) is 0 Å². The second-order valence-electron chi connectivity index (χ2n) is 4.75. The van der Waals surface area contributed by atoms with Crippen LogP contribution in [0.15, 0.2) is 40.9 Å². The Kier molecular flexibility index (Phi) is 5.94. The van der Waals surface area contributed by atoms with Gasteiger partial charge in [0, 0.05) is 27.4 Å². The summed E-state index contributed by atoms with van der Waals surface area (Å²) in [6, 6.07) is 11.0. The first-order valence-corrected chi connectivity index (χ1v) is 7.99. The van der Waals surface area contributed by atoms with E-state index in [0.29, 0.717) is 22.9 Å². The van der Waals surface area contributed by atoms with Crippen molar-refractivity contribution >= 4 is 39.1 Å². The fraction of sp³-hybridized carbons (Fsp3) is 0.250. The second kappa shape index (κ2) is 7.50. The summed E-state index contributed by atoms with van der Waals surface area (Å²) in [5, 5.41) is 11.5. The highest BCUT2D eigenvalue weighted by Gasteiger charge is 2.13. The van der Waals surface area contributed by atoms with Crippen LogP contribution in [-0.2, 0) is 12.8 Å². The first kappa shape index (κ1) is 16.6. The van der Waals surface area contributed by atoms with Gasteiger partial charge in [-0.1, -0.05) is 45.2 Å². The summed E-state index contributed by atoms with van der Waals surface area (Å²) in [4.78, 5) is 0. The highest BCUT2D eigenvalue weighted by atomic mass is 79.9. The van der Waals surface area contributed by atoms with Crippen molar-refractivity contribution in [1.82, 2.24) is 0 Å². The summed E-state index contributed by atoms with van der Waals surface area (Å²) in [5.74, 6) is 0.763. The molecule has 0 spiro atoms. The molecule has 0 aliphatic carbocycles. The molecule has 0 aliphatic rings. The smallest absolute Gasteiger partial charge is 0.122 e. The SMILES string of the molecule is COc1ccc(Br)cc1CC(O)Cc1ccc(Cl)cc1Cl. The molecule has 0 saturated carbocycles. The van der Waals surface area contributed by atoms with Crippen LogP contribution in [0, 0.1) is 0 Å². The number of hydrogen-bond acceptors (Lipinski definition) is 2. The fourth-order valence-electron chi connectivity index (χ4n) is 2.17. The minimum Gasteiger partial charge on any atom is -0.496 e. The van der Waals surface area contributed by atoms with Gasteiger partial charge in [0.25, 0.3) is 0 Å². The van der Waals surface area contributed by atoms with Gasteiger partial charge < -0.3 is 9.84 Å². The van der Waals surface area contributed by atoms with Crippen molar-refractivity contribution in [3.8, 4) is 5.75 Å². The molecule has 0 aromatic heterocycles. The molecule has 5 heteroatoms. The first-order chi connectivity index (χ1) is 9.99. The molecule has 0 saturated heterocycles. The summed E-state index contributed by atoms with van der Waals surface area (Å²) in [7, 11) is 1.62. The zero-order chi connectivity index (χ0) is 15.4. The molecule has 0 radical (unpaired) electrons. The average Bonchev–Trinajstić information content (AvgIpc) is 2.42. The summed E-state index contributed by atoms with van der Waals surface area (Å²) >= 11 is 15.4. The summed E-state index contributed by atoms with van der Waals surface area (Å²) in [6.07, 6.45) is 0.402. The van der Waals surface area contributed by atoms with Gasteiger partial charge in [-0.3, -0.25) is 0 Å². The van der Waals surface area contributed by atoms with Crippen LogP contribution in [0.4, 0.5) is 0 Å². The van der Waals surface area contributed by atoms with Crippen molar-refractivity contribution in [3.05, 3.63) is 62.0 Å². The van der Waals surface area contributed by atoms with Crippen LogP contribution in [-0.4, -0.2) is 18.3 Å². The van der Waals surface area contributed by atoms with Crippen molar-refractivity contribution in [2.24, 2.45) is 0 Å². The van der Waals surface area contributed by atoms with Gasteiger partial charge in [-0.15, -0.1) is 0 Å². The monoisotopic (exact) mass is 388 g/mol. The van der Waals surface area contributed by atoms with E-state index in [1.165, 1.54) is 0 Å². The third kappa shape index (κ3) is 4.62. The maximum Gasteiger partial charge on any atom is 0.122 e. The molecule has 2 rings (SSSR count). The molecule has 2 aromatic carbocycles. The van der Waals surface area contributed by atoms with E-state index in [-0.39, 0.29) is 0 Å². The lowest BCUT2D eigenvalue weighted by molar-refractivity contribution is 0.174. The van der Waals surface area contributed by atoms with Crippen molar-refractivity contribution in [1.29, 1.82) is 0 Å². The summed E-state index contributed by atoms with van der Waals surface area (Å²) in [6.45, 7) is 0. The number of hydrogen-bond donors (Lipinski definition) is 1. The predicted octanol–water partition coefficient (Wildman–Crippen LogP) is 4.91. The molecule has 1 atom stereocenters. The lowest BCUT2D eigenvalue weighted by Gasteiger charge is -2.15. The fourth-order valence-corrected chi connectivity index (χ4v) is 3.07. The third-order valence-electron chi connectivity index (χ3n) is 3.17. The van der Waals surface area contributed by atoms with Gasteiger partial charge in [-0.05, 0) is 41.5 Å². The Labute approximate surface area is 142 Å². The number of aliphatic hydroxyl groups is 1. The van der Waals surface area contributed by atoms with Gasteiger partial charge in [0.15, 0.2) is 0 Å². The number of ether oxygens (including phenoxy) is 1. The second-order valence-corrected chi connectivity index (χ2v) is 6.51. The van der Waals surface area contributed by atoms with E-state index in [1.54, 1.807) is 19.2 Å². The molecular weight excluding hydrogens is 375 g/mol. The molecule has 112 valence electrons. The van der Waals surface area contributed by atoms with E-state index in [0.717, 1.165) is 21.3 Å². The van der Waals surface area contributed by atoms with Crippen LogP contribution in [0.2, 0.25) is 10.0 Å². The van der Waals surface area contributed by atoms with Crippen molar-refractivity contribution in [2.45, 2.75) is 18.9 Å². The van der Waals surface area contributed by atoms with Crippen LogP contribution in [0.1, 0.15) is 11.1 Å². The Morgan fingerprint density at radius 2 is 1.81 bits per heavy atom. The molecule has 21 heavy (non-hydrogen) atoms. The van der Waals surface area contributed by atoms with Gasteiger partial charge in [0.2, 0.25) is 0 Å². The summed E-state index contributed by atoms with van der Waals surface area (Å²) in [5.41, 5.74) is 1.83. The Morgan fingerprint density at radius 3 is 2.48 bits per heavy atom. The Morgan fingerprint density at radius 1 is 1.10 bits per heavy atom. The van der Waals surface area contributed by atoms with Gasteiger partial charge in [0.1, 0.15) is 5.75 Å². The van der Waals surface area contributed by atoms with Gasteiger partial charge in [-0.25, -0.2) is 0 Å². The zero-order valence-corrected chi connectivity index (χ0v) is 14.5. The molecule has 2 aromatic rings. The predicted molar refractivity (Wildman–Crippen MR) is 90.6 cm³/mol. The minimum absolute atomic E-state index is 0.464. The molecule has 1 N–H and O–H groups in total. The quantitative estimate of drug-likeness (QED) is 0.787. The Hall–Kier alpha value is -0.740. The lowest BCUT2D eigenvalue weighted by atomic mass is 10.0. The molecule has 0 bridgehead atoms. The van der Waals surface area contributed by atoms with Crippen molar-refractivity contribution in [2.75, 3.05) is 7.11 Å². The third-order valence-corrected chi connectivity index (χ3v) is 4.25. The van der Waals surface area contributed by atoms with E-state index >= 15 is 0 Å². The number of rotatable bonds is 5. The van der Waals surface area contributed by atoms with Crippen LogP contribution in [0.3, 0.4) is 0 Å². The Bertz CT molecular complexity index is 632. The number of halogens is 3. The van der Waals surface area contributed by atoms with E-state index < -0.39 is 6.10 Å². The molecule has 2 nitrogen and oxygen atoms in total. The normalized spacial score (nSPS) is 12.2. The standard InChI is InChI=1S/C16H15BrCl2O2/c1-21-16-5-3-12(17)6-11(16)8-14(20)7-10-2-4-13(18)9-15(10)19/h2-6,9,14,20H,7-8H2,1H3. The number of benzene rings is 2.